The topological polar surface area (TPSA) is 29.3 Å². The molecular weight excluding hydrogens is 295 g/mol. The molecule has 0 aliphatic heterocycles. The van der Waals surface area contributed by atoms with Gasteiger partial charge in [-0.05, 0) is 40.8 Å². The molecule has 0 unspecified atom stereocenters. The van der Waals surface area contributed by atoms with Crippen LogP contribution in [0.3, 0.4) is 0 Å². The van der Waals surface area contributed by atoms with Crippen LogP contribution in [-0.2, 0) is 0 Å². The Morgan fingerprint density at radius 1 is 1.33 bits per heavy atom. The van der Waals surface area contributed by atoms with Crippen molar-refractivity contribution in [2.45, 2.75) is 32.1 Å². The van der Waals surface area contributed by atoms with Crippen molar-refractivity contribution in [3.05, 3.63) is 22.4 Å². The summed E-state index contributed by atoms with van der Waals surface area (Å²) in [7, 11) is 1.99. The Kier molecular flexibility index (Phi) is 4.49. The van der Waals surface area contributed by atoms with Crippen LogP contribution in [0.1, 0.15) is 32.1 Å². The van der Waals surface area contributed by atoms with Gasteiger partial charge in [0.15, 0.2) is 0 Å². The molecular formula is C14H20BrFN2. The summed E-state index contributed by atoms with van der Waals surface area (Å²) in [6.45, 7) is 0.964. The predicted octanol–water partition coefficient (Wildman–Crippen LogP) is 4.19. The Morgan fingerprint density at radius 3 is 2.67 bits per heavy atom. The van der Waals surface area contributed by atoms with Crippen molar-refractivity contribution in [2.75, 3.05) is 24.2 Å². The van der Waals surface area contributed by atoms with Crippen LogP contribution in [-0.4, -0.2) is 13.6 Å². The van der Waals surface area contributed by atoms with Crippen molar-refractivity contribution in [2.24, 2.45) is 5.92 Å². The number of hydrogen-bond acceptors (Lipinski definition) is 2. The van der Waals surface area contributed by atoms with Gasteiger partial charge in [-0.1, -0.05) is 19.3 Å². The molecule has 2 rings (SSSR count). The maximum Gasteiger partial charge on any atom is 0.139 e. The van der Waals surface area contributed by atoms with Gasteiger partial charge in [-0.3, -0.25) is 0 Å². The standard InChI is InChI=1S/C14H20BrFN2/c1-18(9-10-5-3-2-4-6-10)14-8-12(16)11(15)7-13(14)17/h7-8,10H,2-6,9,17H2,1H3. The molecule has 0 saturated heterocycles. The van der Waals surface area contributed by atoms with Crippen molar-refractivity contribution in [1.82, 2.24) is 0 Å². The summed E-state index contributed by atoms with van der Waals surface area (Å²) in [5, 5.41) is 0. The number of nitrogens with zero attached hydrogens (tertiary/aromatic N) is 1. The fourth-order valence-corrected chi connectivity index (χ4v) is 3.10. The van der Waals surface area contributed by atoms with Crippen molar-refractivity contribution >= 4 is 27.3 Å². The van der Waals surface area contributed by atoms with Crippen LogP contribution in [0.4, 0.5) is 15.8 Å². The van der Waals surface area contributed by atoms with Crippen molar-refractivity contribution < 1.29 is 4.39 Å². The van der Waals surface area contributed by atoms with E-state index in [2.05, 4.69) is 20.8 Å². The molecule has 0 heterocycles. The lowest BCUT2D eigenvalue weighted by Gasteiger charge is -2.29. The van der Waals surface area contributed by atoms with Crippen LogP contribution in [0.15, 0.2) is 16.6 Å². The van der Waals surface area contributed by atoms with Crippen LogP contribution in [0.5, 0.6) is 0 Å². The van der Waals surface area contributed by atoms with Gasteiger partial charge >= 0.3 is 0 Å². The van der Waals surface area contributed by atoms with Crippen molar-refractivity contribution in [3.63, 3.8) is 0 Å². The summed E-state index contributed by atoms with van der Waals surface area (Å²) in [4.78, 5) is 2.08. The number of benzene rings is 1. The summed E-state index contributed by atoms with van der Waals surface area (Å²) in [5.74, 6) is 0.463. The normalized spacial score (nSPS) is 16.8. The average molecular weight is 315 g/mol. The molecule has 1 fully saturated rings. The first kappa shape index (κ1) is 13.7. The first-order chi connectivity index (χ1) is 8.58. The number of nitrogen functional groups attached to an aromatic ring is 1. The third kappa shape index (κ3) is 3.16. The van der Waals surface area contributed by atoms with E-state index in [1.165, 1.54) is 38.2 Å². The van der Waals surface area contributed by atoms with Gasteiger partial charge in [0.2, 0.25) is 0 Å². The molecule has 1 aromatic rings. The molecule has 1 aliphatic carbocycles. The van der Waals surface area contributed by atoms with Gasteiger partial charge in [-0.15, -0.1) is 0 Å². The Hall–Kier alpha value is -0.770. The van der Waals surface area contributed by atoms with Crippen LogP contribution in [0, 0.1) is 11.7 Å². The van der Waals surface area contributed by atoms with Crippen LogP contribution in [0.25, 0.3) is 0 Å². The quantitative estimate of drug-likeness (QED) is 0.848. The van der Waals surface area contributed by atoms with E-state index in [4.69, 9.17) is 5.73 Å². The van der Waals surface area contributed by atoms with Gasteiger partial charge in [0.25, 0.3) is 0 Å². The molecule has 1 saturated carbocycles. The Morgan fingerprint density at radius 2 is 2.00 bits per heavy atom. The summed E-state index contributed by atoms with van der Waals surface area (Å²) in [6.07, 6.45) is 6.56. The number of halogens is 2. The number of rotatable bonds is 3. The number of nitrogens with two attached hydrogens (primary N) is 1. The van der Waals surface area contributed by atoms with Crippen LogP contribution >= 0.6 is 15.9 Å². The highest BCUT2D eigenvalue weighted by Gasteiger charge is 2.17. The second-order valence-electron chi connectivity index (χ2n) is 5.21. The van der Waals surface area contributed by atoms with Gasteiger partial charge in [0.05, 0.1) is 15.8 Å². The lowest BCUT2D eigenvalue weighted by molar-refractivity contribution is 0.362. The maximum atomic E-state index is 13.6. The van der Waals surface area contributed by atoms with Gasteiger partial charge in [-0.25, -0.2) is 4.39 Å². The molecule has 0 amide bonds. The van der Waals surface area contributed by atoms with Gasteiger partial charge in [-0.2, -0.15) is 0 Å². The molecule has 1 aliphatic rings. The number of hydrogen-bond donors (Lipinski definition) is 1. The monoisotopic (exact) mass is 314 g/mol. The minimum Gasteiger partial charge on any atom is -0.397 e. The lowest BCUT2D eigenvalue weighted by Crippen LogP contribution is -2.27. The van der Waals surface area contributed by atoms with E-state index in [1.807, 2.05) is 7.05 Å². The van der Waals surface area contributed by atoms with E-state index in [1.54, 1.807) is 6.07 Å². The summed E-state index contributed by atoms with van der Waals surface area (Å²) in [5.41, 5.74) is 7.38. The molecule has 0 spiro atoms. The maximum absolute atomic E-state index is 13.6. The van der Waals surface area contributed by atoms with Crippen molar-refractivity contribution in [3.8, 4) is 0 Å². The first-order valence-corrected chi connectivity index (χ1v) is 7.33. The second-order valence-corrected chi connectivity index (χ2v) is 6.06. The predicted molar refractivity (Wildman–Crippen MR) is 78.4 cm³/mol. The fourth-order valence-electron chi connectivity index (χ4n) is 2.74. The minimum atomic E-state index is -0.255. The van der Waals surface area contributed by atoms with Crippen molar-refractivity contribution in [1.29, 1.82) is 0 Å². The number of anilines is 2. The fraction of sp³-hybridized carbons (Fsp3) is 0.571. The second kappa shape index (κ2) is 5.91. The zero-order valence-electron chi connectivity index (χ0n) is 10.8. The van der Waals surface area contributed by atoms with E-state index in [-0.39, 0.29) is 5.82 Å². The zero-order valence-corrected chi connectivity index (χ0v) is 12.3. The molecule has 2 nitrogen and oxygen atoms in total. The minimum absolute atomic E-state index is 0.255. The summed E-state index contributed by atoms with van der Waals surface area (Å²) in [6, 6.07) is 3.16. The Bertz CT molecular complexity index is 417. The molecule has 0 atom stereocenters. The van der Waals surface area contributed by atoms with Crippen LogP contribution in [0.2, 0.25) is 0 Å². The third-order valence-corrected chi connectivity index (χ3v) is 4.35. The van der Waals surface area contributed by atoms with Gasteiger partial charge in [0, 0.05) is 19.7 Å². The van der Waals surface area contributed by atoms with E-state index < -0.39 is 0 Å². The zero-order chi connectivity index (χ0) is 13.1. The van der Waals surface area contributed by atoms with E-state index in [0.717, 1.165) is 18.2 Å². The highest BCUT2D eigenvalue weighted by atomic mass is 79.9. The van der Waals surface area contributed by atoms with Crippen LogP contribution < -0.4 is 10.6 Å². The highest BCUT2D eigenvalue weighted by Crippen LogP contribution is 2.31. The molecule has 18 heavy (non-hydrogen) atoms. The molecule has 0 radical (unpaired) electrons. The van der Waals surface area contributed by atoms with E-state index >= 15 is 0 Å². The van der Waals surface area contributed by atoms with E-state index in [0.29, 0.717) is 10.2 Å². The first-order valence-electron chi connectivity index (χ1n) is 6.53. The summed E-state index contributed by atoms with van der Waals surface area (Å²) < 4.78 is 14.0. The smallest absolute Gasteiger partial charge is 0.139 e. The average Bonchev–Trinajstić information content (AvgIpc) is 2.35. The van der Waals surface area contributed by atoms with Gasteiger partial charge in [0.1, 0.15) is 5.82 Å². The molecule has 4 heteroatoms. The molecule has 0 aromatic heterocycles. The molecule has 100 valence electrons. The molecule has 0 bridgehead atoms. The van der Waals surface area contributed by atoms with Gasteiger partial charge < -0.3 is 10.6 Å². The lowest BCUT2D eigenvalue weighted by atomic mass is 9.89. The highest BCUT2D eigenvalue weighted by molar-refractivity contribution is 9.10. The Labute approximate surface area is 116 Å². The third-order valence-electron chi connectivity index (χ3n) is 3.74. The molecule has 1 aromatic carbocycles. The SMILES string of the molecule is CN(CC1CCCCC1)c1cc(F)c(Br)cc1N. The Balaban J connectivity index is 2.08. The van der Waals surface area contributed by atoms with E-state index in [9.17, 15) is 4.39 Å². The summed E-state index contributed by atoms with van der Waals surface area (Å²) >= 11 is 3.15. The largest absolute Gasteiger partial charge is 0.397 e. The molecule has 2 N–H and O–H groups in total.